The third-order valence-corrected chi connectivity index (χ3v) is 3.36. The van der Waals surface area contributed by atoms with Crippen LogP contribution in [0.4, 0.5) is 0 Å². The van der Waals surface area contributed by atoms with Gasteiger partial charge in [0.1, 0.15) is 0 Å². The molecule has 0 unspecified atom stereocenters. The molecule has 6 nitrogen and oxygen atoms in total. The van der Waals surface area contributed by atoms with Gasteiger partial charge < -0.3 is 0 Å². The van der Waals surface area contributed by atoms with Gasteiger partial charge >= 0.3 is 0 Å². The maximum atomic E-state index is 11.8. The van der Waals surface area contributed by atoms with E-state index in [4.69, 9.17) is 0 Å². The van der Waals surface area contributed by atoms with Crippen LogP contribution in [0.15, 0.2) is 36.5 Å². The Bertz CT molecular complexity index is 721. The summed E-state index contributed by atoms with van der Waals surface area (Å²) in [7, 11) is -3.57. The van der Waals surface area contributed by atoms with E-state index in [-0.39, 0.29) is 5.56 Å². The minimum atomic E-state index is -3.57. The smallest absolute Gasteiger partial charge is 0.268 e. The minimum absolute atomic E-state index is 0.256. The van der Waals surface area contributed by atoms with Crippen LogP contribution in [0.3, 0.4) is 0 Å². The third-order valence-electron chi connectivity index (χ3n) is 2.80. The van der Waals surface area contributed by atoms with Crippen LogP contribution < -0.4 is 4.72 Å². The Hall–Kier alpha value is -2.15. The number of nitrogens with one attached hydrogen (secondary N) is 1. The number of hydrogen-bond donors (Lipinski definition) is 1. The highest BCUT2D eigenvalue weighted by molar-refractivity contribution is 7.89. The molecule has 1 amide bonds. The van der Waals surface area contributed by atoms with Crippen LogP contribution in [0.2, 0.25) is 0 Å². The number of carbonyl (C=O) groups is 1. The number of sulfonamides is 1. The summed E-state index contributed by atoms with van der Waals surface area (Å²) in [6.07, 6.45) is 2.31. The zero-order chi connectivity index (χ0) is 14.8. The molecule has 1 N–H and O–H groups in total. The van der Waals surface area contributed by atoms with Gasteiger partial charge in [-0.25, -0.2) is 13.1 Å². The molecule has 0 saturated heterocycles. The van der Waals surface area contributed by atoms with Gasteiger partial charge in [0.2, 0.25) is 10.0 Å². The second-order valence-electron chi connectivity index (χ2n) is 4.49. The summed E-state index contributed by atoms with van der Waals surface area (Å²) in [5.74, 6) is -0.663. The van der Waals surface area contributed by atoms with Gasteiger partial charge in [0.15, 0.2) is 0 Å². The SMILES string of the molecule is Cc1c(C(=O)NS(C)(=O)=O)cnn1Cc1ccccc1. The average Bonchev–Trinajstić information content (AvgIpc) is 2.70. The summed E-state index contributed by atoms with van der Waals surface area (Å²) in [5.41, 5.74) is 1.93. The summed E-state index contributed by atoms with van der Waals surface area (Å²) in [5, 5.41) is 4.12. The highest BCUT2D eigenvalue weighted by atomic mass is 32.2. The lowest BCUT2D eigenvalue weighted by Gasteiger charge is -2.06. The molecule has 106 valence electrons. The van der Waals surface area contributed by atoms with Gasteiger partial charge in [0.05, 0.1) is 24.6 Å². The number of benzene rings is 1. The molecule has 0 spiro atoms. The van der Waals surface area contributed by atoms with E-state index in [2.05, 4.69) is 5.10 Å². The van der Waals surface area contributed by atoms with Crippen LogP contribution in [0.25, 0.3) is 0 Å². The molecule has 0 aliphatic carbocycles. The molecule has 0 saturated carbocycles. The van der Waals surface area contributed by atoms with Gasteiger partial charge in [0.25, 0.3) is 5.91 Å². The highest BCUT2D eigenvalue weighted by Crippen LogP contribution is 2.10. The zero-order valence-corrected chi connectivity index (χ0v) is 12.0. The Kier molecular flexibility index (Phi) is 3.89. The summed E-state index contributed by atoms with van der Waals surface area (Å²) in [6, 6.07) is 9.68. The standard InChI is InChI=1S/C13H15N3O3S/c1-10-12(13(17)15-20(2,18)19)8-14-16(10)9-11-6-4-3-5-7-11/h3-8H,9H2,1-2H3,(H,15,17). The second kappa shape index (κ2) is 5.46. The number of aromatic nitrogens is 2. The number of nitrogens with zero attached hydrogens (tertiary/aromatic N) is 2. The number of carbonyl (C=O) groups excluding carboxylic acids is 1. The van der Waals surface area contributed by atoms with Gasteiger partial charge in [-0.3, -0.25) is 9.48 Å². The van der Waals surface area contributed by atoms with Crippen molar-refractivity contribution < 1.29 is 13.2 Å². The van der Waals surface area contributed by atoms with E-state index in [9.17, 15) is 13.2 Å². The van der Waals surface area contributed by atoms with Crippen LogP contribution in [0.5, 0.6) is 0 Å². The van der Waals surface area contributed by atoms with Crippen molar-refractivity contribution in [2.45, 2.75) is 13.5 Å². The molecular formula is C13H15N3O3S. The van der Waals surface area contributed by atoms with Gasteiger partial charge in [-0.2, -0.15) is 5.10 Å². The quantitative estimate of drug-likeness (QED) is 0.909. The van der Waals surface area contributed by atoms with E-state index < -0.39 is 15.9 Å². The van der Waals surface area contributed by atoms with Crippen molar-refractivity contribution in [3.8, 4) is 0 Å². The Morgan fingerprint density at radius 3 is 2.55 bits per heavy atom. The van der Waals surface area contributed by atoms with Crippen molar-refractivity contribution in [3.05, 3.63) is 53.3 Å². The maximum absolute atomic E-state index is 11.8. The normalized spacial score (nSPS) is 11.3. The molecule has 0 aliphatic heterocycles. The van der Waals surface area contributed by atoms with Crippen LogP contribution >= 0.6 is 0 Å². The zero-order valence-electron chi connectivity index (χ0n) is 11.2. The molecule has 1 aromatic carbocycles. The largest absolute Gasteiger partial charge is 0.268 e. The number of amides is 1. The van der Waals surface area contributed by atoms with Crippen LogP contribution in [-0.4, -0.2) is 30.4 Å². The molecule has 0 radical (unpaired) electrons. The fourth-order valence-corrected chi connectivity index (χ4v) is 2.26. The lowest BCUT2D eigenvalue weighted by molar-refractivity contribution is 0.0981. The Morgan fingerprint density at radius 1 is 1.30 bits per heavy atom. The molecule has 0 aliphatic rings. The lowest BCUT2D eigenvalue weighted by Crippen LogP contribution is -2.29. The van der Waals surface area contributed by atoms with Crippen molar-refractivity contribution in [1.82, 2.24) is 14.5 Å². The Morgan fingerprint density at radius 2 is 1.95 bits per heavy atom. The average molecular weight is 293 g/mol. The fourth-order valence-electron chi connectivity index (χ4n) is 1.81. The first-order chi connectivity index (χ1) is 9.37. The van der Waals surface area contributed by atoms with E-state index in [1.807, 2.05) is 35.1 Å². The van der Waals surface area contributed by atoms with Gasteiger partial charge in [-0.15, -0.1) is 0 Å². The van der Waals surface area contributed by atoms with Gasteiger partial charge in [-0.05, 0) is 12.5 Å². The van der Waals surface area contributed by atoms with E-state index in [0.29, 0.717) is 12.2 Å². The maximum Gasteiger partial charge on any atom is 0.268 e. The van der Waals surface area contributed by atoms with Gasteiger partial charge in [0, 0.05) is 5.69 Å². The van der Waals surface area contributed by atoms with Crippen molar-refractivity contribution >= 4 is 15.9 Å². The Labute approximate surface area is 117 Å². The van der Waals surface area contributed by atoms with E-state index >= 15 is 0 Å². The van der Waals surface area contributed by atoms with Crippen molar-refractivity contribution in [1.29, 1.82) is 0 Å². The molecule has 2 aromatic rings. The monoisotopic (exact) mass is 293 g/mol. The molecule has 20 heavy (non-hydrogen) atoms. The lowest BCUT2D eigenvalue weighted by atomic mass is 10.2. The first kappa shape index (κ1) is 14.3. The van der Waals surface area contributed by atoms with Crippen molar-refractivity contribution in [2.75, 3.05) is 6.26 Å². The summed E-state index contributed by atoms with van der Waals surface area (Å²) < 4.78 is 25.7. The topological polar surface area (TPSA) is 81.1 Å². The molecule has 7 heteroatoms. The minimum Gasteiger partial charge on any atom is -0.268 e. The van der Waals surface area contributed by atoms with Crippen LogP contribution in [0, 0.1) is 6.92 Å². The summed E-state index contributed by atoms with van der Waals surface area (Å²) in [6.45, 7) is 2.26. The van der Waals surface area contributed by atoms with Crippen LogP contribution in [0.1, 0.15) is 21.6 Å². The predicted molar refractivity (Wildman–Crippen MR) is 74.8 cm³/mol. The van der Waals surface area contributed by atoms with E-state index in [1.165, 1.54) is 6.20 Å². The first-order valence-corrected chi connectivity index (χ1v) is 7.84. The molecule has 0 fully saturated rings. The summed E-state index contributed by atoms with van der Waals surface area (Å²) >= 11 is 0. The molecular weight excluding hydrogens is 278 g/mol. The molecule has 1 aromatic heterocycles. The Balaban J connectivity index is 2.21. The second-order valence-corrected chi connectivity index (χ2v) is 6.24. The number of rotatable bonds is 4. The molecule has 0 atom stereocenters. The third kappa shape index (κ3) is 3.45. The fraction of sp³-hybridized carbons (Fsp3) is 0.231. The van der Waals surface area contributed by atoms with E-state index in [0.717, 1.165) is 11.8 Å². The molecule has 2 rings (SSSR count). The first-order valence-electron chi connectivity index (χ1n) is 5.95. The van der Waals surface area contributed by atoms with Gasteiger partial charge in [-0.1, -0.05) is 30.3 Å². The molecule has 0 bridgehead atoms. The van der Waals surface area contributed by atoms with Crippen molar-refractivity contribution in [3.63, 3.8) is 0 Å². The highest BCUT2D eigenvalue weighted by Gasteiger charge is 2.17. The summed E-state index contributed by atoms with van der Waals surface area (Å²) in [4.78, 5) is 11.8. The van der Waals surface area contributed by atoms with Crippen LogP contribution in [-0.2, 0) is 16.6 Å². The molecule has 1 heterocycles. The van der Waals surface area contributed by atoms with E-state index in [1.54, 1.807) is 11.6 Å². The number of hydrogen-bond acceptors (Lipinski definition) is 4. The predicted octanol–water partition coefficient (Wildman–Crippen LogP) is 0.929. The van der Waals surface area contributed by atoms with Crippen molar-refractivity contribution in [2.24, 2.45) is 0 Å².